The molecule has 0 aromatic carbocycles. The summed E-state index contributed by atoms with van der Waals surface area (Å²) in [6.07, 6.45) is 4.81. The third-order valence-corrected chi connectivity index (χ3v) is 4.01. The van der Waals surface area contributed by atoms with Gasteiger partial charge in [-0.25, -0.2) is 0 Å². The topological polar surface area (TPSA) is 66.4 Å². The molecule has 0 aromatic heterocycles. The van der Waals surface area contributed by atoms with E-state index in [1.54, 1.807) is 0 Å². The van der Waals surface area contributed by atoms with E-state index in [4.69, 9.17) is 5.11 Å². The molecule has 4 heteroatoms. The molecular weight excluding hydrogens is 242 g/mol. The third kappa shape index (κ3) is 5.62. The molecule has 1 saturated carbocycles. The Balaban J connectivity index is 2.29. The van der Waals surface area contributed by atoms with Crippen molar-refractivity contribution in [1.29, 1.82) is 0 Å². The normalized spacial score (nSPS) is 25.1. The molecule has 0 aliphatic heterocycles. The molecule has 1 amide bonds. The first kappa shape index (κ1) is 16.0. The Morgan fingerprint density at radius 1 is 1.05 bits per heavy atom. The Hall–Kier alpha value is -1.06. The van der Waals surface area contributed by atoms with Crippen LogP contribution in [-0.4, -0.2) is 23.0 Å². The summed E-state index contributed by atoms with van der Waals surface area (Å²) >= 11 is 0. The second kappa shape index (κ2) is 7.51. The van der Waals surface area contributed by atoms with E-state index in [1.165, 1.54) is 0 Å². The molecule has 19 heavy (non-hydrogen) atoms. The van der Waals surface area contributed by atoms with Crippen molar-refractivity contribution in [3.05, 3.63) is 0 Å². The number of aliphatic carboxylic acids is 1. The number of hydrogen-bond acceptors (Lipinski definition) is 2. The van der Waals surface area contributed by atoms with E-state index in [0.717, 1.165) is 12.8 Å². The van der Waals surface area contributed by atoms with E-state index in [9.17, 15) is 9.59 Å². The van der Waals surface area contributed by atoms with Crippen LogP contribution >= 0.6 is 0 Å². The minimum Gasteiger partial charge on any atom is -0.481 e. The fraction of sp³-hybridized carbons (Fsp3) is 0.867. The Bertz CT molecular complexity index is 307. The number of carbonyl (C=O) groups excluding carboxylic acids is 1. The number of rotatable bonds is 6. The van der Waals surface area contributed by atoms with Gasteiger partial charge in [-0.1, -0.05) is 13.8 Å². The second-order valence-electron chi connectivity index (χ2n) is 6.27. The van der Waals surface area contributed by atoms with Gasteiger partial charge < -0.3 is 10.4 Å². The highest BCUT2D eigenvalue weighted by molar-refractivity contribution is 5.79. The summed E-state index contributed by atoms with van der Waals surface area (Å²) < 4.78 is 0. The van der Waals surface area contributed by atoms with Crippen LogP contribution < -0.4 is 5.32 Å². The van der Waals surface area contributed by atoms with Gasteiger partial charge in [-0.15, -0.1) is 0 Å². The number of carbonyl (C=O) groups is 2. The third-order valence-electron chi connectivity index (χ3n) is 4.01. The summed E-state index contributed by atoms with van der Waals surface area (Å²) in [4.78, 5) is 22.9. The van der Waals surface area contributed by atoms with Crippen molar-refractivity contribution in [2.75, 3.05) is 0 Å². The molecule has 0 aromatic rings. The SMILES string of the molecule is CC(C)CCC(C)NC(=O)C1CCC(C(=O)O)CC1. The molecule has 1 atom stereocenters. The van der Waals surface area contributed by atoms with Gasteiger partial charge in [0.05, 0.1) is 5.92 Å². The first-order valence-corrected chi connectivity index (χ1v) is 7.43. The minimum atomic E-state index is -0.718. The van der Waals surface area contributed by atoms with Crippen LogP contribution in [0.3, 0.4) is 0 Å². The highest BCUT2D eigenvalue weighted by atomic mass is 16.4. The van der Waals surface area contributed by atoms with Crippen molar-refractivity contribution in [2.24, 2.45) is 17.8 Å². The summed E-state index contributed by atoms with van der Waals surface area (Å²) in [7, 11) is 0. The van der Waals surface area contributed by atoms with Crippen molar-refractivity contribution >= 4 is 11.9 Å². The van der Waals surface area contributed by atoms with Gasteiger partial charge in [0, 0.05) is 12.0 Å². The molecule has 110 valence electrons. The molecule has 0 radical (unpaired) electrons. The number of nitrogens with one attached hydrogen (secondary N) is 1. The van der Waals surface area contributed by atoms with Crippen molar-refractivity contribution in [3.8, 4) is 0 Å². The average molecular weight is 269 g/mol. The second-order valence-corrected chi connectivity index (χ2v) is 6.27. The van der Waals surface area contributed by atoms with Crippen molar-refractivity contribution in [2.45, 2.75) is 65.3 Å². The van der Waals surface area contributed by atoms with Gasteiger partial charge in [-0.2, -0.15) is 0 Å². The van der Waals surface area contributed by atoms with E-state index >= 15 is 0 Å². The van der Waals surface area contributed by atoms with Crippen molar-refractivity contribution in [1.82, 2.24) is 5.32 Å². The zero-order chi connectivity index (χ0) is 14.4. The fourth-order valence-corrected chi connectivity index (χ4v) is 2.62. The molecule has 1 fully saturated rings. The van der Waals surface area contributed by atoms with Crippen LogP contribution in [0.15, 0.2) is 0 Å². The van der Waals surface area contributed by atoms with Crippen molar-refractivity contribution in [3.63, 3.8) is 0 Å². The van der Waals surface area contributed by atoms with Gasteiger partial charge in [0.2, 0.25) is 5.91 Å². The maximum Gasteiger partial charge on any atom is 0.306 e. The van der Waals surface area contributed by atoms with Crippen LogP contribution in [0.5, 0.6) is 0 Å². The number of carboxylic acids is 1. The smallest absolute Gasteiger partial charge is 0.306 e. The van der Waals surface area contributed by atoms with Crippen LogP contribution in [0.4, 0.5) is 0 Å². The lowest BCUT2D eigenvalue weighted by atomic mass is 9.81. The Kier molecular flexibility index (Phi) is 6.32. The van der Waals surface area contributed by atoms with Crippen LogP contribution in [0, 0.1) is 17.8 Å². The average Bonchev–Trinajstić information content (AvgIpc) is 2.36. The number of amides is 1. The molecule has 0 heterocycles. The highest BCUT2D eigenvalue weighted by Gasteiger charge is 2.29. The summed E-state index contributed by atoms with van der Waals surface area (Å²) in [5.41, 5.74) is 0. The Labute approximate surface area is 116 Å². The Morgan fingerprint density at radius 2 is 1.58 bits per heavy atom. The molecule has 2 N–H and O–H groups in total. The number of carboxylic acid groups (broad SMARTS) is 1. The first-order valence-electron chi connectivity index (χ1n) is 7.43. The predicted molar refractivity (Wildman–Crippen MR) is 74.8 cm³/mol. The first-order chi connectivity index (χ1) is 8.90. The quantitative estimate of drug-likeness (QED) is 0.779. The fourth-order valence-electron chi connectivity index (χ4n) is 2.62. The van der Waals surface area contributed by atoms with Crippen LogP contribution in [0.2, 0.25) is 0 Å². The van der Waals surface area contributed by atoms with Crippen LogP contribution in [0.25, 0.3) is 0 Å². The lowest BCUT2D eigenvalue weighted by Gasteiger charge is -2.26. The Morgan fingerprint density at radius 3 is 2.05 bits per heavy atom. The minimum absolute atomic E-state index is 0.0112. The summed E-state index contributed by atoms with van der Waals surface area (Å²) in [6.45, 7) is 6.41. The predicted octanol–water partition coefficient (Wildman–Crippen LogP) is 2.82. The maximum atomic E-state index is 12.1. The van der Waals surface area contributed by atoms with Crippen LogP contribution in [0.1, 0.15) is 59.3 Å². The van der Waals surface area contributed by atoms with E-state index in [0.29, 0.717) is 31.6 Å². The monoisotopic (exact) mass is 269 g/mol. The standard InChI is InChI=1S/C15H27NO3/c1-10(2)4-5-11(3)16-14(17)12-6-8-13(9-7-12)15(18)19/h10-13H,4-9H2,1-3H3,(H,16,17)(H,18,19). The summed E-state index contributed by atoms with van der Waals surface area (Å²) in [6, 6.07) is 0.215. The molecule has 1 unspecified atom stereocenters. The molecule has 4 nitrogen and oxygen atoms in total. The van der Waals surface area contributed by atoms with Gasteiger partial charge in [0.25, 0.3) is 0 Å². The van der Waals surface area contributed by atoms with Crippen LogP contribution in [-0.2, 0) is 9.59 Å². The molecule has 0 spiro atoms. The molecule has 1 aliphatic rings. The molecule has 0 saturated heterocycles. The van der Waals surface area contributed by atoms with Gasteiger partial charge >= 0.3 is 5.97 Å². The number of hydrogen-bond donors (Lipinski definition) is 2. The van der Waals surface area contributed by atoms with E-state index in [2.05, 4.69) is 19.2 Å². The van der Waals surface area contributed by atoms with E-state index in [-0.39, 0.29) is 23.8 Å². The van der Waals surface area contributed by atoms with E-state index in [1.807, 2.05) is 6.92 Å². The largest absolute Gasteiger partial charge is 0.481 e. The molecular formula is C15H27NO3. The van der Waals surface area contributed by atoms with Gasteiger partial charge in [-0.05, 0) is 51.4 Å². The highest BCUT2D eigenvalue weighted by Crippen LogP contribution is 2.29. The van der Waals surface area contributed by atoms with Gasteiger partial charge in [0.1, 0.15) is 0 Å². The lowest BCUT2D eigenvalue weighted by molar-refractivity contribution is -0.144. The summed E-state index contributed by atoms with van der Waals surface area (Å²) in [5, 5.41) is 12.0. The zero-order valence-electron chi connectivity index (χ0n) is 12.3. The zero-order valence-corrected chi connectivity index (χ0v) is 12.3. The van der Waals surface area contributed by atoms with Gasteiger partial charge in [-0.3, -0.25) is 9.59 Å². The lowest BCUT2D eigenvalue weighted by Crippen LogP contribution is -2.39. The molecule has 0 bridgehead atoms. The van der Waals surface area contributed by atoms with Gasteiger partial charge in [0.15, 0.2) is 0 Å². The summed E-state index contributed by atoms with van der Waals surface area (Å²) in [5.74, 6) is -0.186. The molecule has 1 aliphatic carbocycles. The van der Waals surface area contributed by atoms with Crippen molar-refractivity contribution < 1.29 is 14.7 Å². The maximum absolute atomic E-state index is 12.1. The van der Waals surface area contributed by atoms with E-state index < -0.39 is 5.97 Å². The molecule has 1 rings (SSSR count).